The van der Waals surface area contributed by atoms with E-state index >= 15 is 0 Å². The van der Waals surface area contributed by atoms with Crippen LogP contribution < -0.4 is 15.0 Å². The molecule has 0 saturated heterocycles. The first kappa shape index (κ1) is 18.0. The Balaban J connectivity index is 1.68. The van der Waals surface area contributed by atoms with Crippen LogP contribution in [0.15, 0.2) is 48.5 Å². The second-order valence-electron chi connectivity index (χ2n) is 6.74. The molecule has 1 aliphatic rings. The van der Waals surface area contributed by atoms with Crippen molar-refractivity contribution in [2.24, 2.45) is 5.92 Å². The van der Waals surface area contributed by atoms with Gasteiger partial charge in [0.25, 0.3) is 5.91 Å². The minimum absolute atomic E-state index is 0.0570. The number of nitrogens with zero attached hydrogens (tertiary/aromatic N) is 1. The van der Waals surface area contributed by atoms with Gasteiger partial charge in [0.15, 0.2) is 6.61 Å². The van der Waals surface area contributed by atoms with Crippen LogP contribution in [0.2, 0.25) is 0 Å². The lowest BCUT2D eigenvalue weighted by Crippen LogP contribution is -2.38. The van der Waals surface area contributed by atoms with E-state index in [-0.39, 0.29) is 24.3 Å². The van der Waals surface area contributed by atoms with Crippen molar-refractivity contribution in [3.05, 3.63) is 54.1 Å². The van der Waals surface area contributed by atoms with Crippen molar-refractivity contribution in [1.29, 1.82) is 0 Å². The molecule has 136 valence electrons. The van der Waals surface area contributed by atoms with Crippen LogP contribution in [0.4, 0.5) is 11.4 Å². The second kappa shape index (κ2) is 8.04. The number of nitrogens with one attached hydrogen (secondary N) is 1. The Labute approximate surface area is 154 Å². The van der Waals surface area contributed by atoms with E-state index in [1.54, 1.807) is 0 Å². The van der Waals surface area contributed by atoms with Gasteiger partial charge in [-0.25, -0.2) is 0 Å². The molecule has 2 aromatic rings. The Morgan fingerprint density at radius 1 is 1.15 bits per heavy atom. The summed E-state index contributed by atoms with van der Waals surface area (Å²) in [6.45, 7) is 4.47. The number of amides is 2. The zero-order valence-electron chi connectivity index (χ0n) is 15.2. The molecule has 3 rings (SSSR count). The number of fused-ring (bicyclic) bond motifs is 1. The van der Waals surface area contributed by atoms with Crippen LogP contribution in [-0.2, 0) is 16.0 Å². The average Bonchev–Trinajstić information content (AvgIpc) is 2.66. The van der Waals surface area contributed by atoms with Crippen LogP contribution in [0.5, 0.6) is 5.75 Å². The van der Waals surface area contributed by atoms with E-state index in [1.165, 1.54) is 0 Å². The molecule has 2 aromatic carbocycles. The molecule has 1 aliphatic heterocycles. The van der Waals surface area contributed by atoms with Gasteiger partial charge < -0.3 is 15.0 Å². The molecule has 2 amide bonds. The third kappa shape index (κ3) is 4.23. The first-order valence-corrected chi connectivity index (χ1v) is 8.96. The maximum Gasteiger partial charge on any atom is 0.262 e. The number of benzene rings is 2. The summed E-state index contributed by atoms with van der Waals surface area (Å²) in [6, 6.07) is 15.0. The maximum atomic E-state index is 12.5. The summed E-state index contributed by atoms with van der Waals surface area (Å²) in [4.78, 5) is 26.5. The van der Waals surface area contributed by atoms with Crippen molar-refractivity contribution >= 4 is 23.2 Å². The van der Waals surface area contributed by atoms with Crippen molar-refractivity contribution in [3.63, 3.8) is 0 Å². The monoisotopic (exact) mass is 352 g/mol. The number of aryl methyl sites for hydroxylation is 1. The van der Waals surface area contributed by atoms with Crippen molar-refractivity contribution in [3.8, 4) is 5.75 Å². The molecule has 0 unspecified atom stereocenters. The van der Waals surface area contributed by atoms with E-state index in [1.807, 2.05) is 67.3 Å². The third-order valence-corrected chi connectivity index (χ3v) is 4.36. The predicted molar refractivity (Wildman–Crippen MR) is 103 cm³/mol. The number of hydrogen-bond acceptors (Lipinski definition) is 3. The SMILES string of the molecule is CC(C)C(=O)N1CCCc2ccc(NC(=O)COc3ccccc3)cc21. The lowest BCUT2D eigenvalue weighted by atomic mass is 9.99. The lowest BCUT2D eigenvalue weighted by Gasteiger charge is -2.31. The standard InChI is InChI=1S/C21H24N2O3/c1-15(2)21(25)23-12-6-7-16-10-11-17(13-19(16)23)22-20(24)14-26-18-8-4-3-5-9-18/h3-5,8-11,13,15H,6-7,12,14H2,1-2H3,(H,22,24). The fraction of sp³-hybridized carbons (Fsp3) is 0.333. The Bertz CT molecular complexity index is 787. The summed E-state index contributed by atoms with van der Waals surface area (Å²) < 4.78 is 5.47. The number of carbonyl (C=O) groups excluding carboxylic acids is 2. The molecule has 26 heavy (non-hydrogen) atoms. The molecule has 0 fully saturated rings. The van der Waals surface area contributed by atoms with E-state index < -0.39 is 0 Å². The number of para-hydroxylation sites is 1. The maximum absolute atomic E-state index is 12.5. The molecule has 1 N–H and O–H groups in total. The molecule has 0 aliphatic carbocycles. The van der Waals surface area contributed by atoms with Crippen LogP contribution in [-0.4, -0.2) is 25.0 Å². The van der Waals surface area contributed by atoms with Gasteiger partial charge in [0.1, 0.15) is 5.75 Å². The number of carbonyl (C=O) groups is 2. The Morgan fingerprint density at radius 3 is 2.65 bits per heavy atom. The zero-order valence-corrected chi connectivity index (χ0v) is 15.2. The average molecular weight is 352 g/mol. The van der Waals surface area contributed by atoms with E-state index in [0.717, 1.165) is 30.6 Å². The topological polar surface area (TPSA) is 58.6 Å². The summed E-state index contributed by atoms with van der Waals surface area (Å²) in [5.74, 6) is 0.480. The first-order valence-electron chi connectivity index (χ1n) is 8.96. The Kier molecular flexibility index (Phi) is 5.56. The molecular weight excluding hydrogens is 328 g/mol. The highest BCUT2D eigenvalue weighted by atomic mass is 16.5. The highest BCUT2D eigenvalue weighted by molar-refractivity contribution is 5.98. The quantitative estimate of drug-likeness (QED) is 0.894. The summed E-state index contributed by atoms with van der Waals surface area (Å²) in [5, 5.41) is 2.85. The Morgan fingerprint density at radius 2 is 1.92 bits per heavy atom. The Hall–Kier alpha value is -2.82. The highest BCUT2D eigenvalue weighted by Gasteiger charge is 2.24. The van der Waals surface area contributed by atoms with Gasteiger partial charge in [-0.15, -0.1) is 0 Å². The summed E-state index contributed by atoms with van der Waals surface area (Å²) >= 11 is 0. The van der Waals surface area contributed by atoms with Crippen LogP contribution in [0.1, 0.15) is 25.8 Å². The predicted octanol–water partition coefficient (Wildman–Crippen LogP) is 3.64. The van der Waals surface area contributed by atoms with E-state index in [9.17, 15) is 9.59 Å². The van der Waals surface area contributed by atoms with Crippen molar-refractivity contribution < 1.29 is 14.3 Å². The third-order valence-electron chi connectivity index (χ3n) is 4.36. The number of anilines is 2. The molecule has 1 heterocycles. The van der Waals surface area contributed by atoms with Gasteiger partial charge in [-0.2, -0.15) is 0 Å². The number of ether oxygens (including phenoxy) is 1. The molecule has 5 nitrogen and oxygen atoms in total. The molecule has 0 bridgehead atoms. The summed E-state index contributed by atoms with van der Waals surface area (Å²) in [5.41, 5.74) is 2.72. The molecular formula is C21H24N2O3. The summed E-state index contributed by atoms with van der Waals surface area (Å²) in [7, 11) is 0. The molecule has 0 atom stereocenters. The smallest absolute Gasteiger partial charge is 0.262 e. The van der Waals surface area contributed by atoms with Crippen molar-refractivity contribution in [2.45, 2.75) is 26.7 Å². The molecule has 5 heteroatoms. The zero-order chi connectivity index (χ0) is 18.5. The van der Waals surface area contributed by atoms with E-state index in [0.29, 0.717) is 11.4 Å². The van der Waals surface area contributed by atoms with Crippen LogP contribution in [0.3, 0.4) is 0 Å². The minimum Gasteiger partial charge on any atom is -0.484 e. The van der Waals surface area contributed by atoms with Gasteiger partial charge in [0.05, 0.1) is 0 Å². The van der Waals surface area contributed by atoms with Crippen LogP contribution >= 0.6 is 0 Å². The first-order chi connectivity index (χ1) is 12.5. The van der Waals surface area contributed by atoms with Gasteiger partial charge >= 0.3 is 0 Å². The van der Waals surface area contributed by atoms with Crippen molar-refractivity contribution in [2.75, 3.05) is 23.4 Å². The summed E-state index contributed by atoms with van der Waals surface area (Å²) in [6.07, 6.45) is 1.91. The van der Waals surface area contributed by atoms with Gasteiger partial charge in [-0.3, -0.25) is 9.59 Å². The highest BCUT2D eigenvalue weighted by Crippen LogP contribution is 2.31. The van der Waals surface area contributed by atoms with Crippen LogP contribution in [0, 0.1) is 5.92 Å². The molecule has 0 aromatic heterocycles. The lowest BCUT2D eigenvalue weighted by molar-refractivity contribution is -0.121. The fourth-order valence-electron chi connectivity index (χ4n) is 3.06. The molecule has 0 saturated carbocycles. The van der Waals surface area contributed by atoms with Gasteiger partial charge in [0, 0.05) is 23.8 Å². The van der Waals surface area contributed by atoms with E-state index in [2.05, 4.69) is 5.32 Å². The normalized spacial score (nSPS) is 13.3. The van der Waals surface area contributed by atoms with Gasteiger partial charge in [0.2, 0.25) is 5.91 Å². The fourth-order valence-corrected chi connectivity index (χ4v) is 3.06. The second-order valence-corrected chi connectivity index (χ2v) is 6.74. The molecule has 0 spiro atoms. The molecule has 0 radical (unpaired) electrons. The van der Waals surface area contributed by atoms with E-state index in [4.69, 9.17) is 4.74 Å². The van der Waals surface area contributed by atoms with Crippen LogP contribution in [0.25, 0.3) is 0 Å². The largest absolute Gasteiger partial charge is 0.484 e. The number of hydrogen-bond donors (Lipinski definition) is 1. The number of rotatable bonds is 5. The van der Waals surface area contributed by atoms with Gasteiger partial charge in [-0.05, 0) is 42.7 Å². The van der Waals surface area contributed by atoms with Crippen molar-refractivity contribution in [1.82, 2.24) is 0 Å². The van der Waals surface area contributed by atoms with Gasteiger partial charge in [-0.1, -0.05) is 38.1 Å². The minimum atomic E-state index is -0.230.